The first kappa shape index (κ1) is 15.8. The highest BCUT2D eigenvalue weighted by Crippen LogP contribution is 2.31. The third kappa shape index (κ3) is 4.46. The Balaban J connectivity index is 1.80. The van der Waals surface area contributed by atoms with Crippen molar-refractivity contribution in [2.75, 3.05) is 6.54 Å². The number of ether oxygens (including phenoxy) is 1. The molecule has 4 heteroatoms. The molecule has 116 valence electrons. The molecule has 1 amide bonds. The van der Waals surface area contributed by atoms with Crippen LogP contribution in [0.25, 0.3) is 0 Å². The van der Waals surface area contributed by atoms with Crippen molar-refractivity contribution in [3.63, 3.8) is 0 Å². The largest absolute Gasteiger partial charge is 0.489 e. The fourth-order valence-corrected chi connectivity index (χ4v) is 2.93. The maximum absolute atomic E-state index is 12.3. The molecule has 0 spiro atoms. The van der Waals surface area contributed by atoms with Crippen LogP contribution in [0.15, 0.2) is 30.3 Å². The van der Waals surface area contributed by atoms with Crippen LogP contribution in [0.2, 0.25) is 0 Å². The van der Waals surface area contributed by atoms with Gasteiger partial charge in [-0.2, -0.15) is 0 Å². The normalized spacial score (nSPS) is 26.9. The van der Waals surface area contributed by atoms with Gasteiger partial charge in [0.05, 0.1) is 12.5 Å². The van der Waals surface area contributed by atoms with E-state index in [4.69, 9.17) is 10.5 Å². The van der Waals surface area contributed by atoms with E-state index in [-0.39, 0.29) is 23.5 Å². The van der Waals surface area contributed by atoms with Gasteiger partial charge in [-0.3, -0.25) is 4.79 Å². The number of para-hydroxylation sites is 1. The van der Waals surface area contributed by atoms with Crippen LogP contribution >= 0.6 is 0 Å². The van der Waals surface area contributed by atoms with Gasteiger partial charge in [0.15, 0.2) is 0 Å². The predicted molar refractivity (Wildman–Crippen MR) is 84.1 cm³/mol. The molecule has 0 aliphatic heterocycles. The van der Waals surface area contributed by atoms with Crippen LogP contribution < -0.4 is 15.8 Å². The lowest BCUT2D eigenvalue weighted by molar-refractivity contribution is -0.128. The Morgan fingerprint density at radius 1 is 1.43 bits per heavy atom. The lowest BCUT2D eigenvalue weighted by Crippen LogP contribution is -2.53. The first-order valence-electron chi connectivity index (χ1n) is 7.77. The number of hydrogen-bond acceptors (Lipinski definition) is 3. The van der Waals surface area contributed by atoms with Crippen LogP contribution in [0.5, 0.6) is 5.75 Å². The summed E-state index contributed by atoms with van der Waals surface area (Å²) in [6.45, 7) is 4.44. The molecule has 1 fully saturated rings. The predicted octanol–water partition coefficient (Wildman–Crippen LogP) is 2.48. The van der Waals surface area contributed by atoms with Crippen molar-refractivity contribution >= 4 is 5.91 Å². The zero-order chi connectivity index (χ0) is 15.3. The zero-order valence-corrected chi connectivity index (χ0v) is 13.0. The minimum absolute atomic E-state index is 0.0585. The average Bonchev–Trinajstić information content (AvgIpc) is 2.45. The number of benzene rings is 1. The summed E-state index contributed by atoms with van der Waals surface area (Å²) in [7, 11) is 0. The fraction of sp³-hybridized carbons (Fsp3) is 0.588. The SMILES string of the molecule is CC(CNC(=O)C1CCCCC1(C)N)Oc1ccccc1. The van der Waals surface area contributed by atoms with Crippen LogP contribution in [-0.2, 0) is 4.79 Å². The maximum Gasteiger partial charge on any atom is 0.225 e. The van der Waals surface area contributed by atoms with Gasteiger partial charge < -0.3 is 15.8 Å². The van der Waals surface area contributed by atoms with Crippen molar-refractivity contribution < 1.29 is 9.53 Å². The number of hydrogen-bond donors (Lipinski definition) is 2. The van der Waals surface area contributed by atoms with Gasteiger partial charge in [-0.1, -0.05) is 31.0 Å². The van der Waals surface area contributed by atoms with E-state index < -0.39 is 0 Å². The minimum atomic E-state index is -0.383. The highest BCUT2D eigenvalue weighted by atomic mass is 16.5. The molecule has 0 aromatic heterocycles. The van der Waals surface area contributed by atoms with Crippen molar-refractivity contribution in [1.29, 1.82) is 0 Å². The Morgan fingerprint density at radius 2 is 2.14 bits per heavy atom. The second-order valence-corrected chi connectivity index (χ2v) is 6.29. The summed E-state index contributed by atoms with van der Waals surface area (Å²) in [6.07, 6.45) is 3.93. The van der Waals surface area contributed by atoms with E-state index in [0.717, 1.165) is 31.4 Å². The number of amides is 1. The van der Waals surface area contributed by atoms with E-state index in [1.165, 1.54) is 0 Å². The van der Waals surface area contributed by atoms with Gasteiger partial charge in [0.2, 0.25) is 5.91 Å². The Labute approximate surface area is 127 Å². The molecule has 0 heterocycles. The summed E-state index contributed by atoms with van der Waals surface area (Å²) in [6, 6.07) is 9.64. The lowest BCUT2D eigenvalue weighted by atomic mass is 9.74. The Bertz CT molecular complexity index is 459. The molecule has 21 heavy (non-hydrogen) atoms. The van der Waals surface area contributed by atoms with Crippen molar-refractivity contribution in [2.24, 2.45) is 11.7 Å². The van der Waals surface area contributed by atoms with Crippen molar-refractivity contribution in [2.45, 2.75) is 51.2 Å². The Morgan fingerprint density at radius 3 is 2.81 bits per heavy atom. The maximum atomic E-state index is 12.3. The smallest absolute Gasteiger partial charge is 0.225 e. The van der Waals surface area contributed by atoms with E-state index in [1.54, 1.807) is 0 Å². The molecular weight excluding hydrogens is 264 g/mol. The third-order valence-corrected chi connectivity index (χ3v) is 4.22. The molecule has 0 radical (unpaired) electrons. The quantitative estimate of drug-likeness (QED) is 0.875. The summed E-state index contributed by atoms with van der Waals surface area (Å²) < 4.78 is 5.76. The first-order chi connectivity index (χ1) is 9.99. The number of carbonyl (C=O) groups is 1. The minimum Gasteiger partial charge on any atom is -0.489 e. The summed E-state index contributed by atoms with van der Waals surface area (Å²) in [4.78, 5) is 12.3. The van der Waals surface area contributed by atoms with Crippen LogP contribution in [0, 0.1) is 5.92 Å². The van der Waals surface area contributed by atoms with Gasteiger partial charge in [0.1, 0.15) is 11.9 Å². The molecule has 0 bridgehead atoms. The van der Waals surface area contributed by atoms with E-state index in [1.807, 2.05) is 44.2 Å². The standard InChI is InChI=1S/C17H26N2O2/c1-13(21-14-8-4-3-5-9-14)12-19-16(20)15-10-6-7-11-17(15,2)18/h3-5,8-9,13,15H,6-7,10-12,18H2,1-2H3,(H,19,20). The molecule has 4 nitrogen and oxygen atoms in total. The summed E-state index contributed by atoms with van der Waals surface area (Å²) in [5.74, 6) is 0.791. The third-order valence-electron chi connectivity index (χ3n) is 4.22. The van der Waals surface area contributed by atoms with Crippen molar-refractivity contribution in [3.8, 4) is 5.75 Å². The summed E-state index contributed by atoms with van der Waals surface area (Å²) in [5, 5.41) is 2.98. The van der Waals surface area contributed by atoms with Gasteiger partial charge >= 0.3 is 0 Å². The van der Waals surface area contributed by atoms with Crippen LogP contribution in [0.1, 0.15) is 39.5 Å². The molecular formula is C17H26N2O2. The second-order valence-electron chi connectivity index (χ2n) is 6.29. The average molecular weight is 290 g/mol. The fourth-order valence-electron chi connectivity index (χ4n) is 2.93. The number of nitrogens with two attached hydrogens (primary N) is 1. The van der Waals surface area contributed by atoms with Crippen LogP contribution in [0.4, 0.5) is 0 Å². The molecule has 1 aliphatic carbocycles. The van der Waals surface area contributed by atoms with Gasteiger partial charge in [-0.05, 0) is 38.8 Å². The second kappa shape index (κ2) is 6.94. The van der Waals surface area contributed by atoms with E-state index >= 15 is 0 Å². The van der Waals surface area contributed by atoms with Gasteiger partial charge in [-0.25, -0.2) is 0 Å². The lowest BCUT2D eigenvalue weighted by Gasteiger charge is -2.37. The highest BCUT2D eigenvalue weighted by molar-refractivity contribution is 5.80. The molecule has 1 aromatic carbocycles. The molecule has 1 aliphatic rings. The van der Waals surface area contributed by atoms with Crippen molar-refractivity contribution in [1.82, 2.24) is 5.32 Å². The topological polar surface area (TPSA) is 64.4 Å². The molecule has 3 unspecified atom stereocenters. The van der Waals surface area contributed by atoms with Crippen LogP contribution in [0.3, 0.4) is 0 Å². The molecule has 2 rings (SSSR count). The number of rotatable bonds is 5. The van der Waals surface area contributed by atoms with E-state index in [2.05, 4.69) is 5.32 Å². The molecule has 1 saturated carbocycles. The van der Waals surface area contributed by atoms with E-state index in [0.29, 0.717) is 6.54 Å². The van der Waals surface area contributed by atoms with Gasteiger partial charge in [-0.15, -0.1) is 0 Å². The summed E-state index contributed by atoms with van der Waals surface area (Å²) >= 11 is 0. The molecule has 0 saturated heterocycles. The Hall–Kier alpha value is -1.55. The molecule has 1 aromatic rings. The van der Waals surface area contributed by atoms with E-state index in [9.17, 15) is 4.79 Å². The van der Waals surface area contributed by atoms with Crippen molar-refractivity contribution in [3.05, 3.63) is 30.3 Å². The molecule has 3 N–H and O–H groups in total. The number of nitrogens with one attached hydrogen (secondary N) is 1. The molecule has 3 atom stereocenters. The first-order valence-corrected chi connectivity index (χ1v) is 7.77. The number of carbonyl (C=O) groups excluding carboxylic acids is 1. The van der Waals surface area contributed by atoms with Crippen LogP contribution in [-0.4, -0.2) is 24.1 Å². The monoisotopic (exact) mass is 290 g/mol. The Kier molecular flexibility index (Phi) is 5.23. The van der Waals surface area contributed by atoms with Gasteiger partial charge in [0.25, 0.3) is 0 Å². The summed E-state index contributed by atoms with van der Waals surface area (Å²) in [5.41, 5.74) is 5.88. The zero-order valence-electron chi connectivity index (χ0n) is 13.0. The van der Waals surface area contributed by atoms with Gasteiger partial charge in [0, 0.05) is 5.54 Å². The highest BCUT2D eigenvalue weighted by Gasteiger charge is 2.37.